The van der Waals surface area contributed by atoms with Crippen LogP contribution in [0.1, 0.15) is 110 Å². The summed E-state index contributed by atoms with van der Waals surface area (Å²) < 4.78 is 11.9. The van der Waals surface area contributed by atoms with E-state index in [9.17, 15) is 72.2 Å². The molecule has 8 aromatic rings. The molecule has 14 N–H and O–H groups in total. The van der Waals surface area contributed by atoms with Crippen molar-refractivity contribution in [3.05, 3.63) is 138 Å². The standard InChI is InChI=1S/C66H81N23O17/c1-67-43(66(106)89(36-55(96)97)20-19-88(34-53(92)93)35-54(94)95)12-15-68-51(90)13-16-71-59(99)45-23-39(29-82(45)4)74-61(101)47-25-41(31-84(47)6)76-62(102)48-24-40(30-85(48)7)75-60(100)46-21-37(27-83(46)5)72-52(91)11-10-14-70-58(98)44-22-38(28-81(44)3)73-63(103)49-26-42(32-86(49)8)77-65(105)57-78-50(33-87(57)9)79-64(104)56-69-17-18-80(56)2/h17-18,21-33,43,67H,10-16,19-20,34-36H2,1-9H3,(H,68,90)(H,70,98)(H,71,99)(H,72,91)(H,73,103)(H,74,101)(H,75,100)(H,76,102)(H,77,105)(H,79,104)(H,92,93)(H,94,95)(H,96,97). The summed E-state index contributed by atoms with van der Waals surface area (Å²) in [6.07, 6.45) is 13.8. The van der Waals surface area contributed by atoms with Crippen molar-refractivity contribution < 1.29 is 82.4 Å². The zero-order valence-corrected chi connectivity index (χ0v) is 59.1. The van der Waals surface area contributed by atoms with Crippen molar-refractivity contribution in [1.82, 2.24) is 77.6 Å². The van der Waals surface area contributed by atoms with Gasteiger partial charge in [0.05, 0.1) is 53.3 Å². The van der Waals surface area contributed by atoms with Crippen molar-refractivity contribution in [2.24, 2.45) is 56.4 Å². The van der Waals surface area contributed by atoms with Gasteiger partial charge in [-0.1, -0.05) is 0 Å². The molecule has 40 nitrogen and oxygen atoms in total. The molecule has 0 spiro atoms. The van der Waals surface area contributed by atoms with Crippen LogP contribution in [0.4, 0.5) is 39.9 Å². The number of carbonyl (C=O) groups excluding carboxylic acids is 11. The fraction of sp³-hybridized carbons (Fsp3) is 0.333. The predicted molar refractivity (Wildman–Crippen MR) is 380 cm³/mol. The molecule has 8 heterocycles. The van der Waals surface area contributed by atoms with E-state index in [1.807, 2.05) is 0 Å². The van der Waals surface area contributed by atoms with E-state index < -0.39 is 109 Å². The van der Waals surface area contributed by atoms with Crippen LogP contribution in [0.5, 0.6) is 0 Å². The number of hydrogen-bond donors (Lipinski definition) is 14. The largest absolute Gasteiger partial charge is 0.480 e. The van der Waals surface area contributed by atoms with Gasteiger partial charge in [0.2, 0.25) is 23.5 Å². The summed E-state index contributed by atoms with van der Waals surface area (Å²) >= 11 is 0. The summed E-state index contributed by atoms with van der Waals surface area (Å²) in [7, 11) is 14.3. The first-order valence-corrected chi connectivity index (χ1v) is 32.6. The Morgan fingerprint density at radius 2 is 0.802 bits per heavy atom. The molecule has 0 saturated carbocycles. The lowest BCUT2D eigenvalue weighted by molar-refractivity contribution is -0.146. The first kappa shape index (κ1) is 78.3. The van der Waals surface area contributed by atoms with Crippen molar-refractivity contribution in [2.75, 3.05) is 96.6 Å². The highest BCUT2D eigenvalue weighted by molar-refractivity contribution is 6.10. The Labute approximate surface area is 603 Å². The van der Waals surface area contributed by atoms with Crippen LogP contribution in [-0.2, 0) is 85.1 Å². The van der Waals surface area contributed by atoms with Crippen LogP contribution in [0.15, 0.2) is 92.2 Å². The molecule has 40 heteroatoms. The topological polar surface area (TPSA) is 504 Å². The minimum atomic E-state index is -1.36. The molecule has 1 atom stereocenters. The molecule has 8 aromatic heterocycles. The Morgan fingerprint density at radius 3 is 1.21 bits per heavy atom. The van der Waals surface area contributed by atoms with Crippen molar-refractivity contribution in [2.45, 2.75) is 31.7 Å². The molecule has 8 rings (SSSR count). The summed E-state index contributed by atoms with van der Waals surface area (Å²) in [4.78, 5) is 190. The number of aryl methyl sites for hydroxylation is 8. The van der Waals surface area contributed by atoms with Crippen molar-refractivity contribution in [3.8, 4) is 0 Å². The molecule has 0 aliphatic heterocycles. The number of carboxylic acids is 3. The maximum atomic E-state index is 13.6. The number of imidazole rings is 2. The maximum absolute atomic E-state index is 13.6. The number of aliphatic carboxylic acids is 3. The highest BCUT2D eigenvalue weighted by Gasteiger charge is 2.28. The van der Waals surface area contributed by atoms with Gasteiger partial charge in [0, 0.05) is 158 Å². The zero-order chi connectivity index (χ0) is 77.4. The summed E-state index contributed by atoms with van der Waals surface area (Å²) in [6.45, 7) is -2.61. The van der Waals surface area contributed by atoms with Crippen LogP contribution in [0, 0.1) is 0 Å². The SMILES string of the molecule is CNC(CCNC(=O)CCNC(=O)c1cc(NC(=O)c2cc(NC(=O)c3cc(NC(=O)c4cc(NC(=O)CCCNC(=O)c5cc(NC(=O)c6cc(NC(=O)c7nc(NC(=O)c8nccn8C)cn7C)cn6C)cn5C)cn4C)cn3C)cn2C)cn1C)C(=O)N(CCN(CC(=O)O)CC(=O)O)CC(=O)O. The van der Waals surface area contributed by atoms with Crippen molar-refractivity contribution in [1.29, 1.82) is 0 Å². The number of likely N-dealkylation sites (N-methyl/N-ethyl adjacent to an activating group) is 1. The van der Waals surface area contributed by atoms with Gasteiger partial charge in [-0.05, 0) is 56.3 Å². The van der Waals surface area contributed by atoms with Crippen LogP contribution in [0.25, 0.3) is 0 Å². The molecular weight excluding hydrogens is 1390 g/mol. The number of carbonyl (C=O) groups is 14. The summed E-state index contributed by atoms with van der Waals surface area (Å²) in [5, 5.41) is 57.6. The molecule has 0 aliphatic rings. The van der Waals surface area contributed by atoms with Crippen LogP contribution in [0.2, 0.25) is 0 Å². The smallest absolute Gasteiger partial charge is 0.323 e. The van der Waals surface area contributed by atoms with Crippen molar-refractivity contribution in [3.63, 3.8) is 0 Å². The number of anilines is 7. The molecule has 11 amide bonds. The molecule has 0 radical (unpaired) electrons. The average Bonchev–Trinajstić information content (AvgIpc) is 1.68. The molecule has 0 fully saturated rings. The molecule has 0 aliphatic carbocycles. The second-order valence-corrected chi connectivity index (χ2v) is 24.5. The van der Waals surface area contributed by atoms with Crippen LogP contribution >= 0.6 is 0 Å². The number of hydrogen-bond acceptors (Lipinski definition) is 18. The van der Waals surface area contributed by atoms with Gasteiger partial charge >= 0.3 is 17.9 Å². The Morgan fingerprint density at radius 1 is 0.406 bits per heavy atom. The number of nitrogens with one attached hydrogen (secondary N) is 11. The van der Waals surface area contributed by atoms with Gasteiger partial charge in [0.1, 0.15) is 40.7 Å². The number of rotatable bonds is 36. The molecule has 0 aromatic carbocycles. The van der Waals surface area contributed by atoms with Crippen LogP contribution < -0.4 is 58.5 Å². The highest BCUT2D eigenvalue weighted by atomic mass is 16.4. The Kier molecular flexibility index (Phi) is 25.9. The fourth-order valence-electron chi connectivity index (χ4n) is 11.1. The van der Waals surface area contributed by atoms with E-state index in [0.29, 0.717) is 11.4 Å². The van der Waals surface area contributed by atoms with E-state index in [-0.39, 0.29) is 133 Å². The van der Waals surface area contributed by atoms with E-state index >= 15 is 0 Å². The second kappa shape index (κ2) is 35.0. The average molecular weight is 1470 g/mol. The monoisotopic (exact) mass is 1470 g/mol. The minimum Gasteiger partial charge on any atom is -0.480 e. The third-order valence-electron chi connectivity index (χ3n) is 16.3. The Bertz CT molecular complexity index is 4690. The van der Waals surface area contributed by atoms with Gasteiger partial charge in [-0.3, -0.25) is 72.0 Å². The van der Waals surface area contributed by atoms with E-state index in [1.165, 1.54) is 117 Å². The summed E-state index contributed by atoms with van der Waals surface area (Å²) in [5.41, 5.74) is 2.64. The highest BCUT2D eigenvalue weighted by Crippen LogP contribution is 2.24. The van der Waals surface area contributed by atoms with Crippen LogP contribution in [-0.4, -0.2) is 220 Å². The van der Waals surface area contributed by atoms with E-state index in [2.05, 4.69) is 68.5 Å². The van der Waals surface area contributed by atoms with E-state index in [0.717, 1.165) is 9.80 Å². The predicted octanol–water partition coefficient (Wildman–Crippen LogP) is 0.446. The molecule has 562 valence electrons. The zero-order valence-electron chi connectivity index (χ0n) is 59.1. The van der Waals surface area contributed by atoms with Gasteiger partial charge in [-0.15, -0.1) is 0 Å². The summed E-state index contributed by atoms with van der Waals surface area (Å²) in [6, 6.07) is 7.73. The van der Waals surface area contributed by atoms with Crippen LogP contribution in [0.3, 0.4) is 0 Å². The first-order chi connectivity index (χ1) is 50.2. The Balaban J connectivity index is 0.730. The van der Waals surface area contributed by atoms with Gasteiger partial charge in [-0.2, -0.15) is 0 Å². The van der Waals surface area contributed by atoms with Crippen molar-refractivity contribution >= 4 is 123 Å². The third-order valence-corrected chi connectivity index (χ3v) is 16.3. The maximum Gasteiger partial charge on any atom is 0.323 e. The fourth-order valence-corrected chi connectivity index (χ4v) is 11.1. The lowest BCUT2D eigenvalue weighted by atomic mass is 10.1. The number of amides is 11. The van der Waals surface area contributed by atoms with E-state index in [4.69, 9.17) is 10.2 Å². The molecule has 0 saturated heterocycles. The van der Waals surface area contributed by atoms with Gasteiger partial charge in [0.25, 0.3) is 47.3 Å². The number of carboxylic acid groups (broad SMARTS) is 3. The molecule has 106 heavy (non-hydrogen) atoms. The summed E-state index contributed by atoms with van der Waals surface area (Å²) in [5.74, 6) is -9.71. The number of aromatic nitrogens is 10. The molecule has 0 bridgehead atoms. The lowest BCUT2D eigenvalue weighted by Gasteiger charge is -2.28. The molecular formula is C66H81N23O17. The van der Waals surface area contributed by atoms with Gasteiger partial charge in [0.15, 0.2) is 11.6 Å². The number of nitrogens with zero attached hydrogens (tertiary/aromatic N) is 12. The first-order valence-electron chi connectivity index (χ1n) is 32.6. The normalized spacial score (nSPS) is 11.3. The molecule has 1 unspecified atom stereocenters. The lowest BCUT2D eigenvalue weighted by Crippen LogP contribution is -2.51. The third kappa shape index (κ3) is 20.9. The quantitative estimate of drug-likeness (QED) is 0.0237. The van der Waals surface area contributed by atoms with E-state index in [1.54, 1.807) is 75.0 Å². The minimum absolute atomic E-state index is 0.00219. The Hall–Kier alpha value is -13.4. The second-order valence-electron chi connectivity index (χ2n) is 24.5. The van der Waals surface area contributed by atoms with Gasteiger partial charge < -0.3 is 115 Å². The van der Waals surface area contributed by atoms with Gasteiger partial charge in [-0.25, -0.2) is 9.97 Å².